The molecule has 8 heteroatoms. The second-order valence-electron chi connectivity index (χ2n) is 3.99. The van der Waals surface area contributed by atoms with Crippen LogP contribution >= 0.6 is 0 Å². The number of hydrogen-bond donors (Lipinski definition) is 3. The lowest BCUT2D eigenvalue weighted by Gasteiger charge is -2.20. The number of anilines is 1. The van der Waals surface area contributed by atoms with Gasteiger partial charge in [0.05, 0.1) is 12.3 Å². The Morgan fingerprint density at radius 2 is 2.10 bits per heavy atom. The number of aliphatic hydroxyl groups excluding tert-OH is 1. The van der Waals surface area contributed by atoms with E-state index in [-0.39, 0.29) is 35.8 Å². The minimum Gasteiger partial charge on any atom is -0.398 e. The van der Waals surface area contributed by atoms with Crippen molar-refractivity contribution in [3.63, 3.8) is 0 Å². The van der Waals surface area contributed by atoms with Crippen LogP contribution in [0.1, 0.15) is 10.4 Å². The Balaban J connectivity index is 3.26. The van der Waals surface area contributed by atoms with Gasteiger partial charge in [0.25, 0.3) is 0 Å². The van der Waals surface area contributed by atoms with Crippen molar-refractivity contribution in [3.8, 4) is 0 Å². The van der Waals surface area contributed by atoms with Crippen molar-refractivity contribution >= 4 is 21.6 Å². The quantitative estimate of drug-likeness (QED) is 0.463. The lowest BCUT2D eigenvalue weighted by molar-refractivity contribution is 0.1000. The average Bonchev–Trinajstić information content (AvgIpc) is 2.37. The van der Waals surface area contributed by atoms with Gasteiger partial charge in [0.15, 0.2) is 0 Å². The summed E-state index contributed by atoms with van der Waals surface area (Å²) in [6, 6.07) is 3.72. The molecule has 0 fully saturated rings. The van der Waals surface area contributed by atoms with E-state index in [1.165, 1.54) is 24.3 Å². The average molecular weight is 299 g/mol. The SMILES string of the molecule is C=CCN(CCO)S(=O)(=O)c1ccc(C(N)=O)cc1N. The molecule has 0 aliphatic heterocycles. The van der Waals surface area contributed by atoms with Gasteiger partial charge in [0, 0.05) is 18.7 Å². The summed E-state index contributed by atoms with van der Waals surface area (Å²) in [6.07, 6.45) is 1.40. The fourth-order valence-corrected chi connectivity index (χ4v) is 3.14. The molecule has 7 nitrogen and oxygen atoms in total. The van der Waals surface area contributed by atoms with E-state index in [0.29, 0.717) is 0 Å². The summed E-state index contributed by atoms with van der Waals surface area (Å²) in [7, 11) is -3.87. The highest BCUT2D eigenvalue weighted by Gasteiger charge is 2.25. The molecule has 0 atom stereocenters. The number of nitrogen functional groups attached to an aromatic ring is 1. The van der Waals surface area contributed by atoms with Crippen molar-refractivity contribution in [2.75, 3.05) is 25.4 Å². The van der Waals surface area contributed by atoms with Gasteiger partial charge in [-0.2, -0.15) is 4.31 Å². The highest BCUT2D eigenvalue weighted by atomic mass is 32.2. The number of aliphatic hydroxyl groups is 1. The molecule has 0 unspecified atom stereocenters. The van der Waals surface area contributed by atoms with Crippen LogP contribution in [-0.2, 0) is 10.0 Å². The van der Waals surface area contributed by atoms with Gasteiger partial charge in [-0.25, -0.2) is 8.42 Å². The molecule has 0 aromatic heterocycles. The fourth-order valence-electron chi connectivity index (χ4n) is 1.64. The zero-order chi connectivity index (χ0) is 15.3. The van der Waals surface area contributed by atoms with E-state index in [1.807, 2.05) is 0 Å². The highest BCUT2D eigenvalue weighted by Crippen LogP contribution is 2.23. The zero-order valence-electron chi connectivity index (χ0n) is 10.8. The molecule has 0 aliphatic carbocycles. The van der Waals surface area contributed by atoms with Crippen molar-refractivity contribution < 1.29 is 18.3 Å². The molecule has 1 aromatic rings. The Kier molecular flexibility index (Phi) is 5.26. The number of rotatable bonds is 7. The summed E-state index contributed by atoms with van der Waals surface area (Å²) in [5.74, 6) is -0.695. The third kappa shape index (κ3) is 3.35. The van der Waals surface area contributed by atoms with Gasteiger partial charge in [-0.3, -0.25) is 4.79 Å². The Hall–Kier alpha value is -1.90. The second kappa shape index (κ2) is 6.51. The van der Waals surface area contributed by atoms with Crippen LogP contribution in [0.2, 0.25) is 0 Å². The first-order chi connectivity index (χ1) is 9.34. The largest absolute Gasteiger partial charge is 0.398 e. The number of nitrogens with two attached hydrogens (primary N) is 2. The first-order valence-corrected chi connectivity index (χ1v) is 7.19. The molecule has 1 aromatic carbocycles. The van der Waals surface area contributed by atoms with Crippen molar-refractivity contribution in [1.29, 1.82) is 0 Å². The summed E-state index contributed by atoms with van der Waals surface area (Å²) in [6.45, 7) is 3.11. The minimum absolute atomic E-state index is 0.0416. The van der Waals surface area contributed by atoms with E-state index in [1.54, 1.807) is 0 Å². The van der Waals surface area contributed by atoms with Crippen LogP contribution in [0.4, 0.5) is 5.69 Å². The molecule has 0 saturated heterocycles. The number of amides is 1. The topological polar surface area (TPSA) is 127 Å². The second-order valence-corrected chi connectivity index (χ2v) is 5.90. The molecular weight excluding hydrogens is 282 g/mol. The molecule has 110 valence electrons. The molecule has 0 saturated carbocycles. The molecule has 0 bridgehead atoms. The van der Waals surface area contributed by atoms with E-state index < -0.39 is 15.9 Å². The van der Waals surface area contributed by atoms with Crippen LogP contribution in [0.3, 0.4) is 0 Å². The number of carbonyl (C=O) groups is 1. The molecule has 20 heavy (non-hydrogen) atoms. The maximum Gasteiger partial charge on any atom is 0.248 e. The van der Waals surface area contributed by atoms with Crippen LogP contribution in [0.5, 0.6) is 0 Å². The molecule has 0 spiro atoms. The van der Waals surface area contributed by atoms with Crippen LogP contribution in [0.25, 0.3) is 0 Å². The fraction of sp³-hybridized carbons (Fsp3) is 0.250. The smallest absolute Gasteiger partial charge is 0.248 e. The Morgan fingerprint density at radius 1 is 1.45 bits per heavy atom. The maximum atomic E-state index is 12.4. The van der Waals surface area contributed by atoms with E-state index in [2.05, 4.69) is 6.58 Å². The van der Waals surface area contributed by atoms with Crippen molar-refractivity contribution in [3.05, 3.63) is 36.4 Å². The number of sulfonamides is 1. The van der Waals surface area contributed by atoms with Crippen LogP contribution < -0.4 is 11.5 Å². The molecule has 0 radical (unpaired) electrons. The summed E-state index contributed by atoms with van der Waals surface area (Å²) in [4.78, 5) is 10.9. The van der Waals surface area contributed by atoms with Gasteiger partial charge in [0.2, 0.25) is 15.9 Å². The normalized spacial score (nSPS) is 11.5. The summed E-state index contributed by atoms with van der Waals surface area (Å²) in [5.41, 5.74) is 10.8. The van der Waals surface area contributed by atoms with Gasteiger partial charge < -0.3 is 16.6 Å². The van der Waals surface area contributed by atoms with Gasteiger partial charge in [-0.15, -0.1) is 6.58 Å². The number of benzene rings is 1. The Morgan fingerprint density at radius 3 is 2.55 bits per heavy atom. The first-order valence-electron chi connectivity index (χ1n) is 5.75. The number of nitrogens with zero attached hydrogens (tertiary/aromatic N) is 1. The molecule has 1 rings (SSSR count). The van der Waals surface area contributed by atoms with Gasteiger partial charge >= 0.3 is 0 Å². The van der Waals surface area contributed by atoms with Gasteiger partial charge in [-0.1, -0.05) is 6.08 Å². The van der Waals surface area contributed by atoms with Crippen molar-refractivity contribution in [2.24, 2.45) is 5.73 Å². The van der Waals surface area contributed by atoms with Crippen LogP contribution in [0, 0.1) is 0 Å². The van der Waals surface area contributed by atoms with E-state index in [9.17, 15) is 13.2 Å². The molecule has 0 aliphatic rings. The lowest BCUT2D eigenvalue weighted by atomic mass is 10.2. The summed E-state index contributed by atoms with van der Waals surface area (Å²) < 4.78 is 25.8. The first kappa shape index (κ1) is 16.2. The van der Waals surface area contributed by atoms with Gasteiger partial charge in [-0.05, 0) is 18.2 Å². The Bertz CT molecular complexity index is 613. The number of primary amides is 1. The third-order valence-corrected chi connectivity index (χ3v) is 4.53. The third-order valence-electron chi connectivity index (χ3n) is 2.59. The molecule has 5 N–H and O–H groups in total. The maximum absolute atomic E-state index is 12.4. The van der Waals surface area contributed by atoms with E-state index >= 15 is 0 Å². The highest BCUT2D eigenvalue weighted by molar-refractivity contribution is 7.89. The Labute approximate surface area is 117 Å². The summed E-state index contributed by atoms with van der Waals surface area (Å²) in [5, 5.41) is 8.93. The van der Waals surface area contributed by atoms with Gasteiger partial charge in [0.1, 0.15) is 4.90 Å². The number of hydrogen-bond acceptors (Lipinski definition) is 5. The molecule has 1 amide bonds. The predicted octanol–water partition coefficient (Wildman–Crippen LogP) is -0.463. The standard InChI is InChI=1S/C12H17N3O4S/c1-2-5-15(6-7-16)20(18,19)11-4-3-9(12(14)17)8-10(11)13/h2-4,8,16H,1,5-7,13H2,(H2,14,17). The number of carbonyl (C=O) groups excluding carboxylic acids is 1. The summed E-state index contributed by atoms with van der Waals surface area (Å²) >= 11 is 0. The monoisotopic (exact) mass is 299 g/mol. The lowest BCUT2D eigenvalue weighted by Crippen LogP contribution is -2.34. The predicted molar refractivity (Wildman–Crippen MR) is 75.4 cm³/mol. The van der Waals surface area contributed by atoms with E-state index in [4.69, 9.17) is 16.6 Å². The molecular formula is C12H17N3O4S. The van der Waals surface area contributed by atoms with Crippen molar-refractivity contribution in [2.45, 2.75) is 4.90 Å². The van der Waals surface area contributed by atoms with E-state index in [0.717, 1.165) is 4.31 Å². The zero-order valence-corrected chi connectivity index (χ0v) is 11.6. The van der Waals surface area contributed by atoms with Crippen LogP contribution in [-0.4, -0.2) is 43.4 Å². The minimum atomic E-state index is -3.87. The molecule has 0 heterocycles. The van der Waals surface area contributed by atoms with Crippen LogP contribution in [0.15, 0.2) is 35.7 Å². The van der Waals surface area contributed by atoms with Crippen molar-refractivity contribution in [1.82, 2.24) is 4.31 Å².